The predicted molar refractivity (Wildman–Crippen MR) is 109 cm³/mol. The van der Waals surface area contributed by atoms with Crippen LogP contribution in [0.2, 0.25) is 0 Å². The lowest BCUT2D eigenvalue weighted by atomic mass is 10.1. The van der Waals surface area contributed by atoms with Crippen LogP contribution in [0.5, 0.6) is 0 Å². The molecule has 0 unspecified atom stereocenters. The number of nitro groups is 1. The van der Waals surface area contributed by atoms with E-state index in [4.69, 9.17) is 0 Å². The van der Waals surface area contributed by atoms with E-state index in [1.807, 2.05) is 17.5 Å². The van der Waals surface area contributed by atoms with Crippen LogP contribution in [-0.2, 0) is 4.74 Å². The molecule has 8 heteroatoms. The highest BCUT2D eigenvalue weighted by atomic mass is 32.1. The molecule has 3 aromatic rings. The second kappa shape index (κ2) is 8.82. The van der Waals surface area contributed by atoms with Gasteiger partial charge in [0, 0.05) is 28.9 Å². The fraction of sp³-hybridized carbons (Fsp3) is 0.0476. The second-order valence-electron chi connectivity index (χ2n) is 5.78. The van der Waals surface area contributed by atoms with Crippen molar-refractivity contribution in [3.63, 3.8) is 0 Å². The Morgan fingerprint density at radius 2 is 1.86 bits per heavy atom. The van der Waals surface area contributed by atoms with Gasteiger partial charge < -0.3 is 10.1 Å². The topological polar surface area (TPSA) is 98.5 Å². The van der Waals surface area contributed by atoms with E-state index < -0.39 is 16.8 Å². The molecule has 2 aromatic carbocycles. The van der Waals surface area contributed by atoms with Crippen molar-refractivity contribution in [2.24, 2.45) is 0 Å². The van der Waals surface area contributed by atoms with E-state index >= 15 is 0 Å². The third-order valence-electron chi connectivity index (χ3n) is 3.78. The van der Waals surface area contributed by atoms with Crippen LogP contribution >= 0.6 is 11.3 Å². The minimum Gasteiger partial charge on any atom is -0.465 e. The van der Waals surface area contributed by atoms with Crippen LogP contribution in [0.1, 0.15) is 31.2 Å². The molecule has 0 radical (unpaired) electrons. The molecule has 0 spiro atoms. The molecule has 0 fully saturated rings. The van der Waals surface area contributed by atoms with Crippen LogP contribution in [0, 0.1) is 22.0 Å². The quantitative estimate of drug-likeness (QED) is 0.304. The number of carbonyl (C=O) groups excluding carboxylic acids is 2. The summed E-state index contributed by atoms with van der Waals surface area (Å²) < 4.78 is 4.59. The van der Waals surface area contributed by atoms with Gasteiger partial charge in [0.05, 0.1) is 22.5 Å². The van der Waals surface area contributed by atoms with Gasteiger partial charge in [-0.05, 0) is 35.7 Å². The summed E-state index contributed by atoms with van der Waals surface area (Å²) >= 11 is 1.53. The molecule has 0 bridgehead atoms. The number of methoxy groups -OCH3 is 1. The maximum Gasteiger partial charge on any atom is 0.338 e. The normalized spacial score (nSPS) is 9.83. The van der Waals surface area contributed by atoms with Crippen molar-refractivity contribution in [1.82, 2.24) is 0 Å². The number of thiophene rings is 1. The first-order valence-electron chi connectivity index (χ1n) is 8.31. The van der Waals surface area contributed by atoms with Gasteiger partial charge in [0.2, 0.25) is 0 Å². The third-order valence-corrected chi connectivity index (χ3v) is 4.57. The van der Waals surface area contributed by atoms with Gasteiger partial charge >= 0.3 is 5.97 Å². The Bertz CT molecular complexity index is 1140. The number of rotatable bonds is 4. The number of esters is 1. The monoisotopic (exact) mass is 406 g/mol. The molecule has 29 heavy (non-hydrogen) atoms. The minimum absolute atomic E-state index is 0.0327. The van der Waals surface area contributed by atoms with Crippen molar-refractivity contribution in [2.45, 2.75) is 0 Å². The summed E-state index contributed by atoms with van der Waals surface area (Å²) in [5, 5.41) is 15.7. The molecule has 0 saturated heterocycles. The highest BCUT2D eigenvalue weighted by Crippen LogP contribution is 2.20. The Kier molecular flexibility index (Phi) is 6.02. The summed E-state index contributed by atoms with van der Waals surface area (Å²) in [5.74, 6) is 4.68. The number of carbonyl (C=O) groups is 2. The Morgan fingerprint density at radius 3 is 2.55 bits per heavy atom. The van der Waals surface area contributed by atoms with Gasteiger partial charge in [-0.15, -0.1) is 11.3 Å². The van der Waals surface area contributed by atoms with E-state index in [0.29, 0.717) is 11.3 Å². The van der Waals surface area contributed by atoms with E-state index in [1.54, 1.807) is 24.3 Å². The maximum absolute atomic E-state index is 12.6. The fourth-order valence-corrected chi connectivity index (χ4v) is 3.02. The molecule has 0 saturated carbocycles. The molecule has 1 N–H and O–H groups in total. The van der Waals surface area contributed by atoms with E-state index in [1.165, 1.54) is 17.4 Å². The first kappa shape index (κ1) is 19.8. The minimum atomic E-state index is -0.770. The van der Waals surface area contributed by atoms with Crippen LogP contribution < -0.4 is 5.32 Å². The maximum atomic E-state index is 12.6. The van der Waals surface area contributed by atoms with Crippen molar-refractivity contribution in [1.29, 1.82) is 0 Å². The van der Waals surface area contributed by atoms with Crippen molar-refractivity contribution >= 4 is 34.6 Å². The van der Waals surface area contributed by atoms with Gasteiger partial charge in [0.25, 0.3) is 11.6 Å². The first-order valence-corrected chi connectivity index (χ1v) is 9.19. The Balaban J connectivity index is 1.85. The Hall–Kier alpha value is -3.96. The average Bonchev–Trinajstić information content (AvgIpc) is 3.25. The Labute approximate surface area is 170 Å². The molecule has 1 aromatic heterocycles. The summed E-state index contributed by atoms with van der Waals surface area (Å²) in [6.07, 6.45) is 0. The lowest BCUT2D eigenvalue weighted by molar-refractivity contribution is -0.384. The fourth-order valence-electron chi connectivity index (χ4n) is 2.44. The number of nitro benzene ring substituents is 1. The second-order valence-corrected chi connectivity index (χ2v) is 6.73. The van der Waals surface area contributed by atoms with Crippen LogP contribution in [-0.4, -0.2) is 23.9 Å². The van der Waals surface area contributed by atoms with Gasteiger partial charge in [0.1, 0.15) is 0 Å². The summed E-state index contributed by atoms with van der Waals surface area (Å²) in [7, 11) is 1.16. The molecule has 0 atom stereocenters. The van der Waals surface area contributed by atoms with Crippen molar-refractivity contribution in [3.05, 3.63) is 91.7 Å². The highest BCUT2D eigenvalue weighted by molar-refractivity contribution is 7.10. The van der Waals surface area contributed by atoms with Crippen molar-refractivity contribution in [2.75, 3.05) is 12.4 Å². The predicted octanol–water partition coefficient (Wildman–Crippen LogP) is 4.10. The first-order chi connectivity index (χ1) is 14.0. The number of anilines is 1. The summed E-state index contributed by atoms with van der Waals surface area (Å²) in [6.45, 7) is 0. The summed E-state index contributed by atoms with van der Waals surface area (Å²) in [5.41, 5.74) is 0.676. The van der Waals surface area contributed by atoms with Crippen LogP contribution in [0.15, 0.2) is 60.0 Å². The van der Waals surface area contributed by atoms with E-state index in [0.717, 1.165) is 24.1 Å². The number of non-ortho nitro benzene ring substituents is 1. The van der Waals surface area contributed by atoms with Crippen LogP contribution in [0.4, 0.5) is 11.4 Å². The molecule has 1 heterocycles. The van der Waals surface area contributed by atoms with E-state index in [2.05, 4.69) is 21.9 Å². The molecule has 1 amide bonds. The van der Waals surface area contributed by atoms with E-state index in [-0.39, 0.29) is 16.8 Å². The van der Waals surface area contributed by atoms with Gasteiger partial charge in [-0.1, -0.05) is 24.0 Å². The number of hydrogen-bond acceptors (Lipinski definition) is 6. The SMILES string of the molecule is COC(=O)c1cc(C(=O)Nc2cccc(C#Cc3cccs3)c2)cc([N+](=O)[O-])c1. The number of ether oxygens (including phenoxy) is 1. The standard InChI is InChI=1S/C21H14N2O5S/c1-28-21(25)16-11-15(12-18(13-16)23(26)27)20(24)22-17-5-2-4-14(10-17)7-8-19-6-3-9-29-19/h2-6,9-13H,1H3,(H,22,24). The number of hydrogen-bond donors (Lipinski definition) is 1. The molecule has 7 nitrogen and oxygen atoms in total. The number of nitrogens with one attached hydrogen (secondary N) is 1. The van der Waals surface area contributed by atoms with E-state index in [9.17, 15) is 19.7 Å². The van der Waals surface area contributed by atoms with Crippen LogP contribution in [0.3, 0.4) is 0 Å². The Morgan fingerprint density at radius 1 is 1.07 bits per heavy atom. The molecular weight excluding hydrogens is 392 g/mol. The average molecular weight is 406 g/mol. The zero-order chi connectivity index (χ0) is 20.8. The molecule has 144 valence electrons. The zero-order valence-electron chi connectivity index (χ0n) is 15.2. The highest BCUT2D eigenvalue weighted by Gasteiger charge is 2.18. The largest absolute Gasteiger partial charge is 0.465 e. The van der Waals surface area contributed by atoms with Crippen molar-refractivity contribution < 1.29 is 19.2 Å². The molecule has 0 aliphatic heterocycles. The zero-order valence-corrected chi connectivity index (χ0v) is 16.0. The number of benzene rings is 2. The third kappa shape index (κ3) is 5.06. The molecule has 3 rings (SSSR count). The van der Waals surface area contributed by atoms with Crippen molar-refractivity contribution in [3.8, 4) is 11.8 Å². The summed E-state index contributed by atoms with van der Waals surface area (Å²) in [6, 6.07) is 14.1. The van der Waals surface area contributed by atoms with Gasteiger partial charge in [-0.2, -0.15) is 0 Å². The van der Waals surface area contributed by atoms with Gasteiger partial charge in [-0.25, -0.2) is 4.79 Å². The van der Waals surface area contributed by atoms with Gasteiger partial charge in [0.15, 0.2) is 0 Å². The van der Waals surface area contributed by atoms with Crippen LogP contribution in [0.25, 0.3) is 0 Å². The number of nitrogens with zero attached hydrogens (tertiary/aromatic N) is 1. The number of amides is 1. The molecule has 0 aliphatic carbocycles. The van der Waals surface area contributed by atoms with Gasteiger partial charge in [-0.3, -0.25) is 14.9 Å². The lowest BCUT2D eigenvalue weighted by Crippen LogP contribution is -2.14. The molecular formula is C21H14N2O5S. The smallest absolute Gasteiger partial charge is 0.338 e. The molecule has 0 aliphatic rings. The lowest BCUT2D eigenvalue weighted by Gasteiger charge is -2.07. The summed E-state index contributed by atoms with van der Waals surface area (Å²) in [4.78, 5) is 35.7.